The zero-order valence-corrected chi connectivity index (χ0v) is 9.54. The van der Waals surface area contributed by atoms with Crippen molar-refractivity contribution in [2.45, 2.75) is 6.54 Å². The van der Waals surface area contributed by atoms with Crippen LogP contribution in [0.4, 0.5) is 0 Å². The molecule has 1 aromatic heterocycles. The third kappa shape index (κ3) is 2.87. The van der Waals surface area contributed by atoms with Gasteiger partial charge in [0.25, 0.3) is 0 Å². The number of carbonyl (C=O) groups is 1. The first-order valence-electron chi connectivity index (χ1n) is 5.26. The minimum atomic E-state index is -0.313. The number of hydrogen-bond donors (Lipinski definition) is 0. The summed E-state index contributed by atoms with van der Waals surface area (Å²) in [7, 11) is 1.38. The van der Waals surface area contributed by atoms with Gasteiger partial charge in [-0.3, -0.25) is 4.98 Å². The first-order chi connectivity index (χ1) is 8.29. The normalized spacial score (nSPS) is 9.94. The largest absolute Gasteiger partial charge is 0.465 e. The van der Waals surface area contributed by atoms with Crippen molar-refractivity contribution in [3.8, 4) is 0 Å². The van der Waals surface area contributed by atoms with Crippen LogP contribution in [0.3, 0.4) is 0 Å². The minimum Gasteiger partial charge on any atom is -0.465 e. The Labute approximate surface area is 99.5 Å². The van der Waals surface area contributed by atoms with Gasteiger partial charge in [-0.2, -0.15) is 4.57 Å². The van der Waals surface area contributed by atoms with Crippen LogP contribution in [0.25, 0.3) is 0 Å². The Hall–Kier alpha value is -2.23. The zero-order chi connectivity index (χ0) is 12.1. The molecule has 4 nitrogen and oxygen atoms in total. The molecule has 2 rings (SSSR count). The van der Waals surface area contributed by atoms with Gasteiger partial charge in [-0.25, -0.2) is 4.79 Å². The van der Waals surface area contributed by atoms with Crippen LogP contribution < -0.4 is 4.57 Å². The molecular weight excluding hydrogens is 216 g/mol. The molecule has 0 bridgehead atoms. The Kier molecular flexibility index (Phi) is 3.45. The van der Waals surface area contributed by atoms with Crippen LogP contribution in [0.2, 0.25) is 0 Å². The predicted octanol–water partition coefficient (Wildman–Crippen LogP) is 1.20. The molecule has 1 heterocycles. The van der Waals surface area contributed by atoms with Crippen LogP contribution >= 0.6 is 0 Å². The molecule has 2 aromatic rings. The van der Waals surface area contributed by atoms with Crippen LogP contribution in [0.5, 0.6) is 0 Å². The summed E-state index contributed by atoms with van der Waals surface area (Å²) in [6.45, 7) is 0.702. The van der Waals surface area contributed by atoms with Gasteiger partial charge >= 0.3 is 5.97 Å². The highest BCUT2D eigenvalue weighted by Crippen LogP contribution is 2.06. The van der Waals surface area contributed by atoms with Gasteiger partial charge in [-0.15, -0.1) is 0 Å². The maximum absolute atomic E-state index is 11.4. The summed E-state index contributed by atoms with van der Waals surface area (Å²) in [5, 5.41) is 0. The number of rotatable bonds is 3. The molecule has 0 atom stereocenters. The number of benzene rings is 1. The van der Waals surface area contributed by atoms with E-state index in [1.54, 1.807) is 18.5 Å². The fraction of sp³-hybridized carbons (Fsp3) is 0.154. The highest BCUT2D eigenvalue weighted by molar-refractivity contribution is 5.89. The topological polar surface area (TPSA) is 43.1 Å². The Balaban J connectivity index is 2.20. The predicted molar refractivity (Wildman–Crippen MR) is 61.3 cm³/mol. The van der Waals surface area contributed by atoms with Crippen molar-refractivity contribution < 1.29 is 14.1 Å². The van der Waals surface area contributed by atoms with E-state index in [0.29, 0.717) is 12.1 Å². The molecule has 86 valence electrons. The summed E-state index contributed by atoms with van der Waals surface area (Å²) in [5.74, 6) is -0.313. The summed E-state index contributed by atoms with van der Waals surface area (Å²) < 4.78 is 6.68. The van der Waals surface area contributed by atoms with Gasteiger partial charge < -0.3 is 4.74 Å². The quantitative estimate of drug-likeness (QED) is 0.587. The lowest BCUT2D eigenvalue weighted by atomic mass is 10.1. The molecule has 0 amide bonds. The second kappa shape index (κ2) is 5.21. The molecule has 0 aliphatic carbocycles. The fourth-order valence-corrected chi connectivity index (χ4v) is 1.58. The Morgan fingerprint density at radius 3 is 2.82 bits per heavy atom. The summed E-state index contributed by atoms with van der Waals surface area (Å²) >= 11 is 0. The molecule has 17 heavy (non-hydrogen) atoms. The Morgan fingerprint density at radius 2 is 2.12 bits per heavy atom. The molecule has 4 heteroatoms. The molecule has 0 aliphatic heterocycles. The van der Waals surface area contributed by atoms with Gasteiger partial charge in [-0.1, -0.05) is 12.1 Å². The van der Waals surface area contributed by atoms with E-state index in [4.69, 9.17) is 0 Å². The number of hydrogen-bond acceptors (Lipinski definition) is 3. The Morgan fingerprint density at radius 1 is 1.35 bits per heavy atom. The van der Waals surface area contributed by atoms with Gasteiger partial charge in [-0.05, 0) is 12.1 Å². The molecule has 0 aliphatic rings. The summed E-state index contributed by atoms with van der Waals surface area (Å²) in [6.07, 6.45) is 7.21. The van der Waals surface area contributed by atoms with E-state index in [2.05, 4.69) is 9.72 Å². The summed E-state index contributed by atoms with van der Waals surface area (Å²) in [5.41, 5.74) is 1.61. The van der Waals surface area contributed by atoms with Crippen LogP contribution in [-0.2, 0) is 11.3 Å². The SMILES string of the molecule is COC(=O)c1cccc(C[n+]2ccncc2)c1. The van der Waals surface area contributed by atoms with Gasteiger partial charge in [0.05, 0.1) is 25.1 Å². The van der Waals surface area contributed by atoms with Gasteiger partial charge in [0.1, 0.15) is 0 Å². The van der Waals surface area contributed by atoms with Crippen LogP contribution in [0, 0.1) is 0 Å². The number of esters is 1. The van der Waals surface area contributed by atoms with Gasteiger partial charge in [0.15, 0.2) is 18.9 Å². The Bertz CT molecular complexity index is 512. The lowest BCUT2D eigenvalue weighted by Gasteiger charge is -2.01. The van der Waals surface area contributed by atoms with Crippen molar-refractivity contribution >= 4 is 5.97 Å². The highest BCUT2D eigenvalue weighted by atomic mass is 16.5. The number of methoxy groups -OCH3 is 1. The third-order valence-corrected chi connectivity index (χ3v) is 2.40. The standard InChI is InChI=1S/C13H13N2O2/c1-17-13(16)12-4-2-3-11(9-12)10-15-7-5-14-6-8-15/h2-9H,10H2,1H3/q+1. The number of nitrogens with zero attached hydrogens (tertiary/aromatic N) is 2. The smallest absolute Gasteiger partial charge is 0.337 e. The van der Waals surface area contributed by atoms with E-state index >= 15 is 0 Å². The molecule has 1 aromatic carbocycles. The van der Waals surface area contributed by atoms with Crippen LogP contribution in [-0.4, -0.2) is 18.1 Å². The van der Waals surface area contributed by atoms with Crippen molar-refractivity contribution in [2.24, 2.45) is 0 Å². The maximum Gasteiger partial charge on any atom is 0.337 e. The lowest BCUT2D eigenvalue weighted by Crippen LogP contribution is -2.33. The second-order valence-corrected chi connectivity index (χ2v) is 3.61. The summed E-state index contributed by atoms with van der Waals surface area (Å²) in [4.78, 5) is 15.3. The molecule has 0 radical (unpaired) electrons. The van der Waals surface area contributed by atoms with Crippen molar-refractivity contribution in [1.29, 1.82) is 0 Å². The van der Waals surface area contributed by atoms with E-state index in [-0.39, 0.29) is 5.97 Å². The highest BCUT2D eigenvalue weighted by Gasteiger charge is 2.07. The number of ether oxygens (including phenoxy) is 1. The second-order valence-electron chi connectivity index (χ2n) is 3.61. The molecule has 0 unspecified atom stereocenters. The molecule has 0 spiro atoms. The molecule has 0 fully saturated rings. The average Bonchev–Trinajstić information content (AvgIpc) is 2.39. The summed E-state index contributed by atoms with van der Waals surface area (Å²) in [6, 6.07) is 7.40. The van der Waals surface area contributed by atoms with E-state index in [0.717, 1.165) is 5.56 Å². The molecule has 0 N–H and O–H groups in total. The number of aromatic nitrogens is 2. The molecular formula is C13H13N2O2+. The van der Waals surface area contributed by atoms with Crippen molar-refractivity contribution in [1.82, 2.24) is 4.98 Å². The van der Waals surface area contributed by atoms with Gasteiger partial charge in [0, 0.05) is 5.56 Å². The van der Waals surface area contributed by atoms with E-state index in [9.17, 15) is 4.79 Å². The number of carbonyl (C=O) groups excluding carboxylic acids is 1. The van der Waals surface area contributed by atoms with Crippen LogP contribution in [0.15, 0.2) is 49.1 Å². The van der Waals surface area contributed by atoms with E-state index < -0.39 is 0 Å². The monoisotopic (exact) mass is 229 g/mol. The zero-order valence-electron chi connectivity index (χ0n) is 9.54. The fourth-order valence-electron chi connectivity index (χ4n) is 1.58. The minimum absolute atomic E-state index is 0.313. The molecule has 0 saturated heterocycles. The van der Waals surface area contributed by atoms with E-state index in [1.165, 1.54) is 7.11 Å². The first kappa shape index (κ1) is 11.3. The first-order valence-corrected chi connectivity index (χ1v) is 5.26. The van der Waals surface area contributed by atoms with Crippen molar-refractivity contribution in [3.63, 3.8) is 0 Å². The molecule has 0 saturated carbocycles. The lowest BCUT2D eigenvalue weighted by molar-refractivity contribution is -0.688. The third-order valence-electron chi connectivity index (χ3n) is 2.40. The van der Waals surface area contributed by atoms with Gasteiger partial charge in [0.2, 0.25) is 0 Å². The van der Waals surface area contributed by atoms with Crippen LogP contribution in [0.1, 0.15) is 15.9 Å². The average molecular weight is 229 g/mol. The van der Waals surface area contributed by atoms with Crippen molar-refractivity contribution in [2.75, 3.05) is 7.11 Å². The maximum atomic E-state index is 11.4. The van der Waals surface area contributed by atoms with E-state index in [1.807, 2.05) is 35.2 Å². The van der Waals surface area contributed by atoms with Crippen molar-refractivity contribution in [3.05, 3.63) is 60.2 Å².